The molecule has 1 N–H and O–H groups in total. The molecule has 1 heterocycles. The third-order valence-electron chi connectivity index (χ3n) is 5.01. The van der Waals surface area contributed by atoms with Crippen LogP contribution in [0.2, 0.25) is 0 Å². The molecule has 1 aromatic heterocycles. The first-order valence-electron chi connectivity index (χ1n) is 9.78. The number of fused-ring (bicyclic) bond motifs is 3. The number of aryl methyl sites for hydroxylation is 2. The number of hydrogen-bond donors (Lipinski definition) is 1. The molecule has 4 rings (SSSR count). The molecule has 0 aliphatic heterocycles. The monoisotopic (exact) mass is 463 g/mol. The van der Waals surface area contributed by atoms with E-state index in [1.165, 1.54) is 21.8 Å². The Hall–Kier alpha value is -3.12. The van der Waals surface area contributed by atoms with Crippen molar-refractivity contribution >= 4 is 49.9 Å². The normalized spacial score (nSPS) is 11.4. The van der Waals surface area contributed by atoms with E-state index >= 15 is 0 Å². The van der Waals surface area contributed by atoms with Crippen molar-refractivity contribution in [1.29, 1.82) is 0 Å². The topological polar surface area (TPSA) is 55.6 Å². The van der Waals surface area contributed by atoms with Gasteiger partial charge in [-0.15, -0.1) is 0 Å². The number of aromatic nitrogens is 1. The van der Waals surface area contributed by atoms with E-state index in [4.69, 9.17) is 4.74 Å². The molecule has 0 atom stereocenters. The predicted octanol–water partition coefficient (Wildman–Crippen LogP) is 5.41. The summed E-state index contributed by atoms with van der Waals surface area (Å²) >= 11 is 3.41. The van der Waals surface area contributed by atoms with Crippen LogP contribution in [-0.4, -0.2) is 23.3 Å². The summed E-state index contributed by atoms with van der Waals surface area (Å²) in [6.07, 6.45) is 1.65. The molecule has 6 heteroatoms. The molecular weight excluding hydrogens is 442 g/mol. The molecule has 5 nitrogen and oxygen atoms in total. The van der Waals surface area contributed by atoms with Gasteiger partial charge in [0.1, 0.15) is 5.75 Å². The molecule has 3 aromatic carbocycles. The van der Waals surface area contributed by atoms with Crippen LogP contribution in [0.5, 0.6) is 5.75 Å². The summed E-state index contributed by atoms with van der Waals surface area (Å²) in [6.45, 7) is 4.89. The van der Waals surface area contributed by atoms with Crippen LogP contribution in [0.3, 0.4) is 0 Å². The van der Waals surface area contributed by atoms with Crippen LogP contribution >= 0.6 is 15.9 Å². The fraction of sp³-hybridized carbons (Fsp3) is 0.167. The number of halogens is 1. The summed E-state index contributed by atoms with van der Waals surface area (Å²) in [6, 6.07) is 20.2. The lowest BCUT2D eigenvalue weighted by molar-refractivity contribution is -0.123. The Morgan fingerprint density at radius 1 is 1.10 bits per heavy atom. The van der Waals surface area contributed by atoms with Gasteiger partial charge >= 0.3 is 0 Å². The summed E-state index contributed by atoms with van der Waals surface area (Å²) in [5.74, 6) is 0.368. The molecule has 0 spiro atoms. The standard InChI is InChI=1S/C24H22BrN3O2/c1-3-28-21-7-5-4-6-19(21)20-13-17(8-10-22(20)28)14-26-27-24(29)15-30-23-11-9-18(25)12-16(23)2/h4-14H,3,15H2,1-2H3,(H,27,29). The van der Waals surface area contributed by atoms with Crippen molar-refractivity contribution in [2.75, 3.05) is 6.61 Å². The SMILES string of the molecule is CCn1c2ccccc2c2cc(C=NNC(=O)COc3ccc(Br)cc3C)ccc21. The maximum Gasteiger partial charge on any atom is 0.277 e. The number of benzene rings is 3. The van der Waals surface area contributed by atoms with Crippen molar-refractivity contribution in [3.05, 3.63) is 76.3 Å². The third-order valence-corrected chi connectivity index (χ3v) is 5.50. The average molecular weight is 464 g/mol. The van der Waals surface area contributed by atoms with E-state index in [0.717, 1.165) is 22.1 Å². The Morgan fingerprint density at radius 3 is 2.70 bits per heavy atom. The van der Waals surface area contributed by atoms with E-state index in [9.17, 15) is 4.79 Å². The fourth-order valence-electron chi connectivity index (χ4n) is 3.62. The number of carbonyl (C=O) groups is 1. The van der Waals surface area contributed by atoms with E-state index in [-0.39, 0.29) is 12.5 Å². The van der Waals surface area contributed by atoms with Gasteiger partial charge in [-0.05, 0) is 61.4 Å². The molecule has 0 aliphatic rings. The summed E-state index contributed by atoms with van der Waals surface area (Å²) < 4.78 is 8.84. The summed E-state index contributed by atoms with van der Waals surface area (Å²) in [7, 11) is 0. The Morgan fingerprint density at radius 2 is 1.90 bits per heavy atom. The maximum atomic E-state index is 12.1. The molecule has 30 heavy (non-hydrogen) atoms. The van der Waals surface area contributed by atoms with E-state index in [0.29, 0.717) is 5.75 Å². The van der Waals surface area contributed by atoms with Gasteiger partial charge in [0.25, 0.3) is 5.91 Å². The smallest absolute Gasteiger partial charge is 0.277 e. The van der Waals surface area contributed by atoms with E-state index in [1.54, 1.807) is 6.21 Å². The minimum absolute atomic E-state index is 0.0944. The molecule has 0 aliphatic carbocycles. The summed E-state index contributed by atoms with van der Waals surface area (Å²) in [5, 5.41) is 6.48. The molecule has 0 fully saturated rings. The first-order valence-corrected chi connectivity index (χ1v) is 10.6. The molecule has 0 saturated heterocycles. The Bertz CT molecular complexity index is 1260. The fourth-order valence-corrected chi connectivity index (χ4v) is 4.10. The van der Waals surface area contributed by atoms with Gasteiger partial charge in [-0.1, -0.05) is 40.2 Å². The van der Waals surface area contributed by atoms with Crippen LogP contribution in [0, 0.1) is 6.92 Å². The number of rotatable bonds is 6. The van der Waals surface area contributed by atoms with Gasteiger partial charge < -0.3 is 9.30 Å². The second-order valence-electron chi connectivity index (χ2n) is 7.03. The Kier molecular flexibility index (Phi) is 5.86. The van der Waals surface area contributed by atoms with Gasteiger partial charge in [-0.25, -0.2) is 5.43 Å². The van der Waals surface area contributed by atoms with Crippen LogP contribution in [0.15, 0.2) is 70.2 Å². The molecule has 1 amide bonds. The molecule has 0 bridgehead atoms. The molecule has 0 saturated carbocycles. The van der Waals surface area contributed by atoms with Crippen LogP contribution < -0.4 is 10.2 Å². The van der Waals surface area contributed by atoms with Gasteiger partial charge in [-0.3, -0.25) is 4.79 Å². The number of hydrazone groups is 1. The molecular formula is C24H22BrN3O2. The Labute approximate surface area is 183 Å². The highest BCUT2D eigenvalue weighted by molar-refractivity contribution is 9.10. The Balaban J connectivity index is 1.45. The second-order valence-corrected chi connectivity index (χ2v) is 7.95. The number of hydrogen-bond acceptors (Lipinski definition) is 3. The minimum Gasteiger partial charge on any atom is -0.483 e. The first kappa shape index (κ1) is 20.2. The van der Waals surface area contributed by atoms with Crippen molar-refractivity contribution in [2.45, 2.75) is 20.4 Å². The number of nitrogens with zero attached hydrogens (tertiary/aromatic N) is 2. The third kappa shape index (κ3) is 4.09. The molecule has 152 valence electrons. The number of ether oxygens (including phenoxy) is 1. The zero-order valence-electron chi connectivity index (χ0n) is 16.9. The van der Waals surface area contributed by atoms with Gasteiger partial charge in [0.05, 0.1) is 6.21 Å². The molecule has 0 radical (unpaired) electrons. The number of carbonyl (C=O) groups excluding carboxylic acids is 1. The first-order chi connectivity index (χ1) is 14.6. The lowest BCUT2D eigenvalue weighted by Crippen LogP contribution is -2.24. The zero-order valence-corrected chi connectivity index (χ0v) is 18.4. The van der Waals surface area contributed by atoms with Gasteiger partial charge in [0.2, 0.25) is 0 Å². The highest BCUT2D eigenvalue weighted by atomic mass is 79.9. The largest absolute Gasteiger partial charge is 0.483 e. The maximum absolute atomic E-state index is 12.1. The quantitative estimate of drug-likeness (QED) is 0.306. The van der Waals surface area contributed by atoms with E-state index in [1.807, 2.05) is 31.2 Å². The highest BCUT2D eigenvalue weighted by Gasteiger charge is 2.09. The van der Waals surface area contributed by atoms with Crippen LogP contribution in [0.4, 0.5) is 0 Å². The predicted molar refractivity (Wildman–Crippen MR) is 125 cm³/mol. The van der Waals surface area contributed by atoms with Crippen LogP contribution in [0.1, 0.15) is 18.1 Å². The zero-order chi connectivity index (χ0) is 21.1. The number of nitrogens with one attached hydrogen (secondary N) is 1. The van der Waals surface area contributed by atoms with Crippen molar-refractivity contribution in [3.63, 3.8) is 0 Å². The molecule has 0 unspecified atom stereocenters. The molecule has 4 aromatic rings. The number of para-hydroxylation sites is 1. The van der Waals surface area contributed by atoms with Gasteiger partial charge in [0.15, 0.2) is 6.61 Å². The van der Waals surface area contributed by atoms with Crippen molar-refractivity contribution in [3.8, 4) is 5.75 Å². The minimum atomic E-state index is -0.308. The van der Waals surface area contributed by atoms with Crippen LogP contribution in [-0.2, 0) is 11.3 Å². The van der Waals surface area contributed by atoms with Crippen LogP contribution in [0.25, 0.3) is 21.8 Å². The highest BCUT2D eigenvalue weighted by Crippen LogP contribution is 2.29. The lowest BCUT2D eigenvalue weighted by atomic mass is 10.1. The van der Waals surface area contributed by atoms with E-state index in [2.05, 4.69) is 74.3 Å². The van der Waals surface area contributed by atoms with Crippen molar-refractivity contribution in [2.24, 2.45) is 5.10 Å². The average Bonchev–Trinajstić information content (AvgIpc) is 3.06. The van der Waals surface area contributed by atoms with Crippen molar-refractivity contribution < 1.29 is 9.53 Å². The van der Waals surface area contributed by atoms with Gasteiger partial charge in [0, 0.05) is 32.8 Å². The van der Waals surface area contributed by atoms with Gasteiger partial charge in [-0.2, -0.15) is 5.10 Å². The van der Waals surface area contributed by atoms with Crippen molar-refractivity contribution in [1.82, 2.24) is 9.99 Å². The summed E-state index contributed by atoms with van der Waals surface area (Å²) in [4.78, 5) is 12.1. The summed E-state index contributed by atoms with van der Waals surface area (Å²) in [5.41, 5.74) is 6.82. The van der Waals surface area contributed by atoms with E-state index < -0.39 is 0 Å². The second kappa shape index (κ2) is 8.71. The lowest BCUT2D eigenvalue weighted by Gasteiger charge is -2.08. The number of amides is 1.